The van der Waals surface area contributed by atoms with Gasteiger partial charge in [-0.3, -0.25) is 0 Å². The van der Waals surface area contributed by atoms with Crippen molar-refractivity contribution >= 4 is 29.2 Å². The lowest BCUT2D eigenvalue weighted by atomic mass is 9.67. The van der Waals surface area contributed by atoms with Crippen molar-refractivity contribution in [2.75, 3.05) is 4.90 Å². The zero-order chi connectivity index (χ0) is 58.3. The molecule has 3 nitrogen and oxygen atoms in total. The number of halogens is 2. The third-order valence-electron chi connectivity index (χ3n) is 18.2. The van der Waals surface area contributed by atoms with Gasteiger partial charge in [0.2, 0.25) is 0 Å². The summed E-state index contributed by atoms with van der Waals surface area (Å²) >= 11 is 0. The van der Waals surface area contributed by atoms with E-state index in [-0.39, 0.29) is 11.6 Å². The zero-order valence-electron chi connectivity index (χ0n) is 47.6. The lowest BCUT2D eigenvalue weighted by Gasteiger charge is -2.37. The molecule has 3 aliphatic rings. The van der Waals surface area contributed by atoms with Crippen LogP contribution in [-0.4, -0.2) is 0 Å². The minimum absolute atomic E-state index is 0.322. The summed E-state index contributed by atoms with van der Waals surface area (Å²) in [6.45, 7) is 12.5. The second-order valence-electron chi connectivity index (χ2n) is 23.1. The summed E-state index contributed by atoms with van der Waals surface area (Å²) in [6.07, 6.45) is 3.62. The minimum Gasteiger partial charge on any atom is -0.457 e. The van der Waals surface area contributed by atoms with E-state index in [0.29, 0.717) is 23.0 Å². The van der Waals surface area contributed by atoms with E-state index in [0.717, 1.165) is 95.0 Å². The number of fused-ring (bicyclic) bond motifs is 9. The Morgan fingerprint density at radius 3 is 1.14 bits per heavy atom. The van der Waals surface area contributed by atoms with E-state index in [9.17, 15) is 0 Å². The monoisotopic (exact) mass is 1110 g/mol. The third kappa shape index (κ3) is 8.06. The maximum absolute atomic E-state index is 16.2. The van der Waals surface area contributed by atoms with Gasteiger partial charge in [-0.1, -0.05) is 209 Å². The van der Waals surface area contributed by atoms with Gasteiger partial charge in [0.15, 0.2) is 0 Å². The van der Waals surface area contributed by atoms with Crippen LogP contribution in [0.5, 0.6) is 23.0 Å². The van der Waals surface area contributed by atoms with Crippen molar-refractivity contribution in [3.8, 4) is 56.4 Å². The van der Waals surface area contributed by atoms with E-state index in [1.165, 1.54) is 34.4 Å². The lowest BCUT2D eigenvalue weighted by Crippen LogP contribution is -2.29. The molecule has 0 heterocycles. The van der Waals surface area contributed by atoms with Gasteiger partial charge in [0.1, 0.15) is 34.6 Å². The molecule has 3 aliphatic carbocycles. The summed E-state index contributed by atoms with van der Waals surface area (Å²) in [5.74, 6) is 2.12. The molecule has 0 bridgehead atoms. The maximum atomic E-state index is 16.2. The van der Waals surface area contributed by atoms with Crippen molar-refractivity contribution in [1.82, 2.24) is 0 Å². The molecule has 0 aromatic heterocycles. The molecule has 15 rings (SSSR count). The molecule has 0 N–H and O–H groups in total. The Balaban J connectivity index is 0.968. The number of rotatable bonds is 13. The van der Waals surface area contributed by atoms with Crippen molar-refractivity contribution in [3.05, 3.63) is 365 Å². The smallest absolute Gasteiger partial charge is 0.127 e. The number of benzene rings is 12. The van der Waals surface area contributed by atoms with Gasteiger partial charge in [-0.15, -0.1) is 0 Å². The van der Waals surface area contributed by atoms with Crippen LogP contribution in [0, 0.1) is 11.6 Å². The molecule has 412 valence electrons. The predicted octanol–water partition coefficient (Wildman–Crippen LogP) is 21.3. The summed E-state index contributed by atoms with van der Waals surface area (Å²) < 4.78 is 45.3. The van der Waals surface area contributed by atoms with Crippen LogP contribution < -0.4 is 14.4 Å². The average Bonchev–Trinajstić information content (AvgIpc) is 1.60. The van der Waals surface area contributed by atoms with E-state index >= 15 is 8.78 Å². The van der Waals surface area contributed by atoms with Crippen molar-refractivity contribution in [2.45, 2.75) is 30.1 Å². The van der Waals surface area contributed by atoms with Gasteiger partial charge >= 0.3 is 0 Å². The molecular formula is C81H57F2NO2. The first-order valence-electron chi connectivity index (χ1n) is 29.1. The fourth-order valence-electron chi connectivity index (χ4n) is 14.4. The summed E-state index contributed by atoms with van der Waals surface area (Å²) in [7, 11) is 0. The lowest BCUT2D eigenvalue weighted by molar-refractivity contribution is 0.482. The zero-order valence-corrected chi connectivity index (χ0v) is 47.6. The summed E-state index contributed by atoms with van der Waals surface area (Å²) in [6, 6.07) is 92.6. The van der Waals surface area contributed by atoms with Gasteiger partial charge in [-0.2, -0.15) is 0 Å². The summed E-state index contributed by atoms with van der Waals surface area (Å²) in [5, 5.41) is 0. The molecular weight excluding hydrogens is 1060 g/mol. The Bertz CT molecular complexity index is 4430. The van der Waals surface area contributed by atoms with Crippen LogP contribution in [0.25, 0.3) is 45.5 Å². The largest absolute Gasteiger partial charge is 0.457 e. The Morgan fingerprint density at radius 1 is 0.337 bits per heavy atom. The van der Waals surface area contributed by atoms with E-state index < -0.39 is 16.2 Å². The molecule has 12 aromatic carbocycles. The molecule has 2 unspecified atom stereocenters. The predicted molar refractivity (Wildman–Crippen MR) is 346 cm³/mol. The van der Waals surface area contributed by atoms with Gasteiger partial charge in [-0.25, -0.2) is 8.78 Å². The first kappa shape index (κ1) is 52.2. The summed E-state index contributed by atoms with van der Waals surface area (Å²) in [4.78, 5) is 2.43. The fourth-order valence-corrected chi connectivity index (χ4v) is 14.4. The van der Waals surface area contributed by atoms with Gasteiger partial charge in [0.05, 0.1) is 16.5 Å². The summed E-state index contributed by atoms with van der Waals surface area (Å²) in [5.41, 5.74) is 19.2. The van der Waals surface area contributed by atoms with Gasteiger partial charge in [-0.05, 0) is 203 Å². The molecule has 86 heavy (non-hydrogen) atoms. The number of nitrogens with zero attached hydrogens (tertiary/aromatic N) is 1. The van der Waals surface area contributed by atoms with Crippen molar-refractivity contribution in [3.63, 3.8) is 0 Å². The third-order valence-corrected chi connectivity index (χ3v) is 18.2. The van der Waals surface area contributed by atoms with E-state index in [1.807, 2.05) is 97.1 Å². The maximum Gasteiger partial charge on any atom is 0.127 e. The van der Waals surface area contributed by atoms with Gasteiger partial charge in [0, 0.05) is 16.8 Å². The number of anilines is 3. The van der Waals surface area contributed by atoms with Crippen LogP contribution in [0.1, 0.15) is 80.6 Å². The first-order valence-corrected chi connectivity index (χ1v) is 29.1. The highest BCUT2D eigenvalue weighted by Crippen LogP contribution is 2.61. The van der Waals surface area contributed by atoms with Gasteiger partial charge < -0.3 is 14.4 Å². The molecule has 0 radical (unpaired) electrons. The highest BCUT2D eigenvalue weighted by atomic mass is 19.1. The van der Waals surface area contributed by atoms with Crippen LogP contribution in [0.4, 0.5) is 25.8 Å². The normalized spacial score (nSPS) is 16.2. The molecule has 0 saturated carbocycles. The number of hydrogen-bond acceptors (Lipinski definition) is 3. The molecule has 0 amide bonds. The Kier molecular flexibility index (Phi) is 12.3. The second-order valence-corrected chi connectivity index (χ2v) is 23.1. The second kappa shape index (κ2) is 20.3. The van der Waals surface area contributed by atoms with Crippen LogP contribution in [0.2, 0.25) is 0 Å². The molecule has 12 aromatic rings. The highest BCUT2D eigenvalue weighted by molar-refractivity contribution is 5.95. The Hall–Kier alpha value is -10.6. The topological polar surface area (TPSA) is 21.7 Å². The van der Waals surface area contributed by atoms with Crippen LogP contribution in [0.3, 0.4) is 0 Å². The molecule has 5 heteroatoms. The molecule has 2 atom stereocenters. The Labute approximate surface area is 500 Å². The Morgan fingerprint density at radius 2 is 0.709 bits per heavy atom. The minimum atomic E-state index is -0.981. The van der Waals surface area contributed by atoms with Crippen LogP contribution in [0.15, 0.2) is 286 Å². The van der Waals surface area contributed by atoms with Crippen LogP contribution in [-0.2, 0) is 16.2 Å². The first-order chi connectivity index (χ1) is 42.1. The number of ether oxygens (including phenoxy) is 2. The van der Waals surface area contributed by atoms with E-state index in [4.69, 9.17) is 9.47 Å². The van der Waals surface area contributed by atoms with Gasteiger partial charge in [0.25, 0.3) is 0 Å². The fraction of sp³-hybridized carbons (Fsp3) is 0.0617. The standard InChI is InChI=1S/C81H57F2NO2/c1-5-52-28-38-62(39-29-52)85-64-42-32-54(33-43-64)80(56-16-13-18-58(82)48-56)73-25-11-8-20-66(73)69-46-36-60(50-75(69)80)84(77-27-15-23-71-68-22-7-10-24-72(68)79(3,4)78(71)77)61-37-47-70-67-21-9-12-26-74(67)81(76(70)51-61,57-17-14-19-59(83)49-57)55-34-44-65(45-35-55)86-63-40-30-53(6-2)31-41-63/h5-51H,1-2H2,3-4H3. The molecule has 0 aliphatic heterocycles. The van der Waals surface area contributed by atoms with Crippen molar-refractivity contribution in [2.24, 2.45) is 0 Å². The number of hydrogen-bond donors (Lipinski definition) is 0. The quantitative estimate of drug-likeness (QED) is 0.115. The molecule has 0 saturated heterocycles. The molecule has 0 spiro atoms. The van der Waals surface area contributed by atoms with Crippen molar-refractivity contribution < 1.29 is 18.3 Å². The highest BCUT2D eigenvalue weighted by Gasteiger charge is 2.49. The van der Waals surface area contributed by atoms with E-state index in [1.54, 1.807) is 12.1 Å². The molecule has 0 fully saturated rings. The SMILES string of the molecule is C=Cc1ccc(Oc2ccc(C3(c4cccc(F)c4)c4ccccc4-c4ccc(N(c5ccc6c(c5)C(c5ccc(Oc7ccc(C=C)cc7)cc5)(c5cccc(F)c5)c5ccccc5-6)c5cccc6c5C(C)(C)c5ccccc5-6)cc43)cc2)cc1. The van der Waals surface area contributed by atoms with Crippen LogP contribution >= 0.6 is 0 Å². The van der Waals surface area contributed by atoms with Crippen molar-refractivity contribution in [1.29, 1.82) is 0 Å². The average molecular weight is 1110 g/mol. The van der Waals surface area contributed by atoms with E-state index in [2.05, 4.69) is 196 Å².